The van der Waals surface area contributed by atoms with Crippen LogP contribution in [0.15, 0.2) is 0 Å². The standard InChI is InChI=1S/C10H19NO2/c1-3-5-8(11-2)10(9(12)13)6-4-7-10/h8,11H,3-7H2,1-2H3,(H,12,13). The van der Waals surface area contributed by atoms with Crippen LogP contribution in [0.2, 0.25) is 0 Å². The first-order valence-corrected chi connectivity index (χ1v) is 5.08. The Morgan fingerprint density at radius 2 is 2.23 bits per heavy atom. The lowest BCUT2D eigenvalue weighted by molar-refractivity contribution is -0.157. The van der Waals surface area contributed by atoms with E-state index in [1.165, 1.54) is 0 Å². The molecule has 1 aliphatic rings. The molecular formula is C10H19NO2. The van der Waals surface area contributed by atoms with E-state index < -0.39 is 11.4 Å². The molecule has 3 heteroatoms. The molecule has 76 valence electrons. The first-order valence-electron chi connectivity index (χ1n) is 5.08. The van der Waals surface area contributed by atoms with Gasteiger partial charge in [-0.3, -0.25) is 4.79 Å². The van der Waals surface area contributed by atoms with Crippen LogP contribution in [0.4, 0.5) is 0 Å². The van der Waals surface area contributed by atoms with Crippen molar-refractivity contribution in [2.24, 2.45) is 5.41 Å². The van der Waals surface area contributed by atoms with Crippen LogP contribution in [-0.2, 0) is 4.79 Å². The van der Waals surface area contributed by atoms with Gasteiger partial charge in [-0.1, -0.05) is 19.8 Å². The molecule has 3 nitrogen and oxygen atoms in total. The summed E-state index contributed by atoms with van der Waals surface area (Å²) in [7, 11) is 1.86. The van der Waals surface area contributed by atoms with E-state index in [-0.39, 0.29) is 6.04 Å². The zero-order valence-electron chi connectivity index (χ0n) is 8.47. The molecule has 1 fully saturated rings. The zero-order valence-corrected chi connectivity index (χ0v) is 8.47. The summed E-state index contributed by atoms with van der Waals surface area (Å²) < 4.78 is 0. The molecule has 0 heterocycles. The minimum Gasteiger partial charge on any atom is -0.481 e. The summed E-state index contributed by atoms with van der Waals surface area (Å²) in [6, 6.07) is 0.156. The fourth-order valence-electron chi connectivity index (χ4n) is 2.25. The van der Waals surface area contributed by atoms with Crippen molar-refractivity contribution in [1.29, 1.82) is 0 Å². The Morgan fingerprint density at radius 3 is 2.46 bits per heavy atom. The number of aliphatic carboxylic acids is 1. The van der Waals surface area contributed by atoms with Crippen LogP contribution in [-0.4, -0.2) is 24.2 Å². The fourth-order valence-corrected chi connectivity index (χ4v) is 2.25. The molecule has 1 saturated carbocycles. The number of hydrogen-bond acceptors (Lipinski definition) is 2. The molecule has 0 radical (unpaired) electrons. The van der Waals surface area contributed by atoms with Gasteiger partial charge in [-0.2, -0.15) is 0 Å². The topological polar surface area (TPSA) is 49.3 Å². The number of carboxylic acid groups (broad SMARTS) is 1. The predicted octanol–water partition coefficient (Wildman–Crippen LogP) is 1.63. The second kappa shape index (κ2) is 4.09. The van der Waals surface area contributed by atoms with Crippen LogP contribution < -0.4 is 5.32 Å². The molecule has 0 bridgehead atoms. The molecule has 1 unspecified atom stereocenters. The Labute approximate surface area is 79.5 Å². The van der Waals surface area contributed by atoms with E-state index in [1.807, 2.05) is 7.05 Å². The van der Waals surface area contributed by atoms with Gasteiger partial charge in [0.05, 0.1) is 5.41 Å². The average molecular weight is 185 g/mol. The highest BCUT2D eigenvalue weighted by atomic mass is 16.4. The Balaban J connectivity index is 2.67. The first kappa shape index (κ1) is 10.5. The lowest BCUT2D eigenvalue weighted by atomic mass is 9.63. The molecule has 0 saturated heterocycles. The van der Waals surface area contributed by atoms with Gasteiger partial charge < -0.3 is 10.4 Å². The number of carboxylic acids is 1. The molecule has 1 rings (SSSR count). The number of rotatable bonds is 5. The molecule has 0 aromatic rings. The van der Waals surface area contributed by atoms with Crippen molar-refractivity contribution < 1.29 is 9.90 Å². The summed E-state index contributed by atoms with van der Waals surface area (Å²) in [5, 5.41) is 12.3. The average Bonchev–Trinajstić information content (AvgIpc) is 2.00. The fraction of sp³-hybridized carbons (Fsp3) is 0.900. The van der Waals surface area contributed by atoms with Crippen molar-refractivity contribution in [2.75, 3.05) is 7.05 Å². The molecule has 0 aromatic heterocycles. The van der Waals surface area contributed by atoms with Crippen molar-refractivity contribution in [3.05, 3.63) is 0 Å². The highest BCUT2D eigenvalue weighted by Crippen LogP contribution is 2.45. The van der Waals surface area contributed by atoms with Gasteiger partial charge in [-0.25, -0.2) is 0 Å². The van der Waals surface area contributed by atoms with Crippen molar-refractivity contribution >= 4 is 5.97 Å². The van der Waals surface area contributed by atoms with Crippen molar-refractivity contribution in [1.82, 2.24) is 5.32 Å². The van der Waals surface area contributed by atoms with E-state index in [0.29, 0.717) is 0 Å². The number of nitrogens with one attached hydrogen (secondary N) is 1. The maximum absolute atomic E-state index is 11.1. The smallest absolute Gasteiger partial charge is 0.311 e. The molecular weight excluding hydrogens is 166 g/mol. The van der Waals surface area contributed by atoms with Gasteiger partial charge in [-0.05, 0) is 26.3 Å². The van der Waals surface area contributed by atoms with Gasteiger partial charge in [0.2, 0.25) is 0 Å². The Hall–Kier alpha value is -0.570. The zero-order chi connectivity index (χ0) is 9.90. The second-order valence-corrected chi connectivity index (χ2v) is 3.94. The highest BCUT2D eigenvalue weighted by molar-refractivity contribution is 5.76. The normalized spacial score (nSPS) is 22.0. The van der Waals surface area contributed by atoms with Gasteiger partial charge in [0.15, 0.2) is 0 Å². The lowest BCUT2D eigenvalue weighted by Crippen LogP contribution is -2.53. The van der Waals surface area contributed by atoms with Crippen LogP contribution >= 0.6 is 0 Å². The van der Waals surface area contributed by atoms with Gasteiger partial charge in [0.25, 0.3) is 0 Å². The third kappa shape index (κ3) is 1.70. The minimum atomic E-state index is -0.619. The van der Waals surface area contributed by atoms with Crippen molar-refractivity contribution in [3.63, 3.8) is 0 Å². The minimum absolute atomic E-state index is 0.156. The first-order chi connectivity index (χ1) is 6.17. The maximum atomic E-state index is 11.1. The second-order valence-electron chi connectivity index (χ2n) is 3.94. The van der Waals surface area contributed by atoms with E-state index in [1.54, 1.807) is 0 Å². The van der Waals surface area contributed by atoms with E-state index >= 15 is 0 Å². The van der Waals surface area contributed by atoms with Gasteiger partial charge in [-0.15, -0.1) is 0 Å². The molecule has 0 aromatic carbocycles. The number of carbonyl (C=O) groups is 1. The van der Waals surface area contributed by atoms with Gasteiger partial charge >= 0.3 is 5.97 Å². The van der Waals surface area contributed by atoms with E-state index in [2.05, 4.69) is 12.2 Å². The quantitative estimate of drug-likeness (QED) is 0.684. The Bertz CT molecular complexity index is 187. The summed E-state index contributed by atoms with van der Waals surface area (Å²) in [5.74, 6) is -0.619. The lowest BCUT2D eigenvalue weighted by Gasteiger charge is -2.44. The molecule has 1 aliphatic carbocycles. The van der Waals surface area contributed by atoms with E-state index in [4.69, 9.17) is 0 Å². The van der Waals surface area contributed by atoms with Crippen molar-refractivity contribution in [3.8, 4) is 0 Å². The van der Waals surface area contributed by atoms with Crippen LogP contribution in [0.1, 0.15) is 39.0 Å². The predicted molar refractivity (Wildman–Crippen MR) is 51.7 cm³/mol. The SMILES string of the molecule is CCCC(NC)C1(C(=O)O)CCC1. The monoisotopic (exact) mass is 185 g/mol. The van der Waals surface area contributed by atoms with E-state index in [9.17, 15) is 9.90 Å². The summed E-state index contributed by atoms with van der Waals surface area (Å²) in [6.07, 6.45) is 4.75. The third-order valence-electron chi connectivity index (χ3n) is 3.26. The Kier molecular flexibility index (Phi) is 3.31. The third-order valence-corrected chi connectivity index (χ3v) is 3.26. The summed E-state index contributed by atoms with van der Waals surface area (Å²) in [6.45, 7) is 2.10. The summed E-state index contributed by atoms with van der Waals surface area (Å²) in [4.78, 5) is 11.1. The molecule has 13 heavy (non-hydrogen) atoms. The van der Waals surface area contributed by atoms with E-state index in [0.717, 1.165) is 32.1 Å². The highest BCUT2D eigenvalue weighted by Gasteiger charge is 2.49. The number of hydrogen-bond donors (Lipinski definition) is 2. The van der Waals surface area contributed by atoms with Crippen LogP contribution in [0, 0.1) is 5.41 Å². The van der Waals surface area contributed by atoms with Crippen molar-refractivity contribution in [2.45, 2.75) is 45.1 Å². The van der Waals surface area contributed by atoms with Gasteiger partial charge in [0.1, 0.15) is 0 Å². The molecule has 1 atom stereocenters. The molecule has 0 aliphatic heterocycles. The summed E-state index contributed by atoms with van der Waals surface area (Å²) in [5.41, 5.74) is -0.454. The summed E-state index contributed by atoms with van der Waals surface area (Å²) >= 11 is 0. The molecule has 2 N–H and O–H groups in total. The van der Waals surface area contributed by atoms with Crippen LogP contribution in [0.25, 0.3) is 0 Å². The van der Waals surface area contributed by atoms with Crippen LogP contribution in [0.3, 0.4) is 0 Å². The largest absolute Gasteiger partial charge is 0.481 e. The van der Waals surface area contributed by atoms with Crippen LogP contribution in [0.5, 0.6) is 0 Å². The molecule has 0 amide bonds. The van der Waals surface area contributed by atoms with Gasteiger partial charge in [0, 0.05) is 6.04 Å². The molecule has 0 spiro atoms. The Morgan fingerprint density at radius 1 is 1.62 bits per heavy atom. The maximum Gasteiger partial charge on any atom is 0.311 e.